The molecule has 2 heterocycles. The molecule has 0 saturated carbocycles. The summed E-state index contributed by atoms with van der Waals surface area (Å²) in [5, 5.41) is 7.01. The van der Waals surface area contributed by atoms with Gasteiger partial charge in [-0.05, 0) is 48.0 Å². The molecule has 0 radical (unpaired) electrons. The third kappa shape index (κ3) is 4.80. The quantitative estimate of drug-likeness (QED) is 0.862. The molecule has 1 fully saturated rings. The Morgan fingerprint density at radius 3 is 2.46 bits per heavy atom. The Labute approximate surface area is 144 Å². The molecule has 1 amide bonds. The Morgan fingerprint density at radius 2 is 1.92 bits per heavy atom. The van der Waals surface area contributed by atoms with Gasteiger partial charge in [-0.3, -0.25) is 9.69 Å². The van der Waals surface area contributed by atoms with Crippen molar-refractivity contribution in [3.8, 4) is 0 Å². The van der Waals surface area contributed by atoms with Crippen LogP contribution in [0.25, 0.3) is 0 Å². The van der Waals surface area contributed by atoms with Crippen LogP contribution in [0.3, 0.4) is 0 Å². The summed E-state index contributed by atoms with van der Waals surface area (Å²) in [6, 6.07) is 0. The smallest absolute Gasteiger partial charge is 0.220 e. The van der Waals surface area contributed by atoms with E-state index in [1.54, 1.807) is 0 Å². The fourth-order valence-electron chi connectivity index (χ4n) is 3.28. The summed E-state index contributed by atoms with van der Waals surface area (Å²) >= 11 is 0. The standard InChI is InChI=1S/C18H31N3O3/c1-12-9-21(10-13(2)23-12)18(5,6)11-19-17(22)8-7-16-14(3)20-24-15(16)4/h12-13H,7-11H2,1-6H3,(H,19,22)/t12-,13-/m1/s1. The molecule has 0 spiro atoms. The summed E-state index contributed by atoms with van der Waals surface area (Å²) < 4.78 is 10.9. The van der Waals surface area contributed by atoms with Crippen LogP contribution in [-0.2, 0) is 16.0 Å². The van der Waals surface area contributed by atoms with Crippen LogP contribution in [0.5, 0.6) is 0 Å². The van der Waals surface area contributed by atoms with Gasteiger partial charge in [0.05, 0.1) is 17.9 Å². The van der Waals surface area contributed by atoms with E-state index in [1.807, 2.05) is 13.8 Å². The molecule has 0 aliphatic carbocycles. The molecule has 0 bridgehead atoms. The van der Waals surface area contributed by atoms with E-state index in [0.29, 0.717) is 19.4 Å². The molecule has 24 heavy (non-hydrogen) atoms. The van der Waals surface area contributed by atoms with Crippen molar-refractivity contribution in [2.24, 2.45) is 0 Å². The lowest BCUT2D eigenvalue weighted by Crippen LogP contribution is -2.58. The van der Waals surface area contributed by atoms with Crippen LogP contribution in [0.15, 0.2) is 4.52 Å². The minimum Gasteiger partial charge on any atom is -0.373 e. The summed E-state index contributed by atoms with van der Waals surface area (Å²) in [7, 11) is 0. The van der Waals surface area contributed by atoms with E-state index >= 15 is 0 Å². The summed E-state index contributed by atoms with van der Waals surface area (Å²) in [6.07, 6.45) is 1.57. The van der Waals surface area contributed by atoms with Crippen molar-refractivity contribution in [2.45, 2.75) is 72.1 Å². The summed E-state index contributed by atoms with van der Waals surface area (Å²) in [5.41, 5.74) is 1.82. The Morgan fingerprint density at radius 1 is 1.29 bits per heavy atom. The van der Waals surface area contributed by atoms with Crippen LogP contribution in [0, 0.1) is 13.8 Å². The number of carbonyl (C=O) groups excluding carboxylic acids is 1. The van der Waals surface area contributed by atoms with Crippen LogP contribution in [0.1, 0.15) is 51.1 Å². The molecular weight excluding hydrogens is 306 g/mol. The average Bonchev–Trinajstić information content (AvgIpc) is 2.81. The molecular formula is C18H31N3O3. The van der Waals surface area contributed by atoms with Crippen molar-refractivity contribution in [2.75, 3.05) is 19.6 Å². The highest BCUT2D eigenvalue weighted by molar-refractivity contribution is 5.76. The number of nitrogens with zero attached hydrogens (tertiary/aromatic N) is 2. The van der Waals surface area contributed by atoms with E-state index in [2.05, 4.69) is 43.1 Å². The van der Waals surface area contributed by atoms with Crippen LogP contribution in [0.4, 0.5) is 0 Å². The van der Waals surface area contributed by atoms with Crippen molar-refractivity contribution < 1.29 is 14.1 Å². The number of ether oxygens (including phenoxy) is 1. The number of rotatable bonds is 6. The first-order chi connectivity index (χ1) is 11.2. The van der Waals surface area contributed by atoms with Gasteiger partial charge in [-0.1, -0.05) is 5.16 Å². The molecule has 6 nitrogen and oxygen atoms in total. The minimum absolute atomic E-state index is 0.0671. The molecule has 1 N–H and O–H groups in total. The number of hydrogen-bond donors (Lipinski definition) is 1. The largest absolute Gasteiger partial charge is 0.373 e. The Balaban J connectivity index is 1.81. The molecule has 1 aliphatic heterocycles. The van der Waals surface area contributed by atoms with E-state index in [-0.39, 0.29) is 23.7 Å². The number of amides is 1. The van der Waals surface area contributed by atoms with E-state index in [9.17, 15) is 4.79 Å². The van der Waals surface area contributed by atoms with Crippen molar-refractivity contribution >= 4 is 5.91 Å². The van der Waals surface area contributed by atoms with Crippen molar-refractivity contribution in [1.29, 1.82) is 0 Å². The van der Waals surface area contributed by atoms with Gasteiger partial charge in [0.2, 0.25) is 5.91 Å². The third-order valence-corrected chi connectivity index (χ3v) is 4.78. The first kappa shape index (κ1) is 18.9. The highest BCUT2D eigenvalue weighted by Crippen LogP contribution is 2.21. The topological polar surface area (TPSA) is 67.6 Å². The maximum absolute atomic E-state index is 12.2. The van der Waals surface area contributed by atoms with Gasteiger partial charge in [0.25, 0.3) is 0 Å². The first-order valence-corrected chi connectivity index (χ1v) is 8.78. The summed E-state index contributed by atoms with van der Waals surface area (Å²) in [6.45, 7) is 14.8. The predicted molar refractivity (Wildman–Crippen MR) is 93.0 cm³/mol. The maximum atomic E-state index is 12.2. The fraction of sp³-hybridized carbons (Fsp3) is 0.778. The van der Waals surface area contributed by atoms with Gasteiger partial charge in [-0.2, -0.15) is 0 Å². The molecule has 0 unspecified atom stereocenters. The van der Waals surface area contributed by atoms with Crippen LogP contribution in [0.2, 0.25) is 0 Å². The molecule has 6 heteroatoms. The second-order valence-electron chi connectivity index (χ2n) is 7.55. The second-order valence-corrected chi connectivity index (χ2v) is 7.55. The van der Waals surface area contributed by atoms with Crippen LogP contribution < -0.4 is 5.32 Å². The van der Waals surface area contributed by atoms with Crippen molar-refractivity contribution in [3.05, 3.63) is 17.0 Å². The van der Waals surface area contributed by atoms with Crippen molar-refractivity contribution in [1.82, 2.24) is 15.4 Å². The fourth-order valence-corrected chi connectivity index (χ4v) is 3.28. The lowest BCUT2D eigenvalue weighted by molar-refractivity contribution is -0.122. The highest BCUT2D eigenvalue weighted by atomic mass is 16.5. The molecule has 136 valence electrons. The maximum Gasteiger partial charge on any atom is 0.220 e. The van der Waals surface area contributed by atoms with Gasteiger partial charge >= 0.3 is 0 Å². The first-order valence-electron chi connectivity index (χ1n) is 8.78. The number of hydrogen-bond acceptors (Lipinski definition) is 5. The van der Waals surface area contributed by atoms with Gasteiger partial charge in [-0.25, -0.2) is 0 Å². The zero-order valence-electron chi connectivity index (χ0n) is 15.8. The summed E-state index contributed by atoms with van der Waals surface area (Å²) in [5.74, 6) is 0.870. The third-order valence-electron chi connectivity index (χ3n) is 4.78. The van der Waals surface area contributed by atoms with Crippen LogP contribution >= 0.6 is 0 Å². The molecule has 1 aliphatic rings. The van der Waals surface area contributed by atoms with Crippen molar-refractivity contribution in [3.63, 3.8) is 0 Å². The molecule has 1 saturated heterocycles. The minimum atomic E-state index is -0.0923. The molecule has 1 aromatic rings. The molecule has 2 atom stereocenters. The monoisotopic (exact) mass is 337 g/mol. The van der Waals surface area contributed by atoms with E-state index < -0.39 is 0 Å². The number of nitrogens with one attached hydrogen (secondary N) is 1. The highest BCUT2D eigenvalue weighted by Gasteiger charge is 2.33. The van der Waals surface area contributed by atoms with Gasteiger partial charge in [0.1, 0.15) is 5.76 Å². The van der Waals surface area contributed by atoms with Gasteiger partial charge in [0, 0.05) is 37.2 Å². The average molecular weight is 337 g/mol. The number of aryl methyl sites for hydroxylation is 2. The molecule has 2 rings (SSSR count). The second kappa shape index (κ2) is 7.66. The molecule has 0 aromatic carbocycles. The SMILES string of the molecule is Cc1noc(C)c1CCC(=O)NCC(C)(C)N1C[C@@H](C)O[C@H](C)C1. The number of morpholine rings is 1. The number of carbonyl (C=O) groups is 1. The Bertz CT molecular complexity index is 538. The van der Waals surface area contributed by atoms with Crippen LogP contribution in [-0.4, -0.2) is 53.3 Å². The zero-order chi connectivity index (χ0) is 17.9. The van der Waals surface area contributed by atoms with E-state index in [0.717, 1.165) is 30.1 Å². The van der Waals surface area contributed by atoms with E-state index in [4.69, 9.17) is 9.26 Å². The van der Waals surface area contributed by atoms with E-state index in [1.165, 1.54) is 0 Å². The Hall–Kier alpha value is -1.40. The zero-order valence-corrected chi connectivity index (χ0v) is 15.8. The van der Waals surface area contributed by atoms with Gasteiger partial charge < -0.3 is 14.6 Å². The number of aromatic nitrogens is 1. The lowest BCUT2D eigenvalue weighted by Gasteiger charge is -2.45. The van der Waals surface area contributed by atoms with Gasteiger partial charge in [-0.15, -0.1) is 0 Å². The predicted octanol–water partition coefficient (Wildman–Crippen LogP) is 2.23. The lowest BCUT2D eigenvalue weighted by atomic mass is 10.00. The normalized spacial score (nSPS) is 22.6. The summed E-state index contributed by atoms with van der Waals surface area (Å²) in [4.78, 5) is 14.6. The van der Waals surface area contributed by atoms with Gasteiger partial charge in [0.15, 0.2) is 0 Å². The Kier molecular flexibility index (Phi) is 6.04. The molecule has 1 aromatic heterocycles.